The number of sulfonamides is 1. The fourth-order valence-corrected chi connectivity index (χ4v) is 5.59. The maximum absolute atomic E-state index is 13.1. The summed E-state index contributed by atoms with van der Waals surface area (Å²) in [6.07, 6.45) is 0. The lowest BCUT2D eigenvalue weighted by Crippen LogP contribution is -2.40. The predicted molar refractivity (Wildman–Crippen MR) is 103 cm³/mol. The third kappa shape index (κ3) is 4.32. The summed E-state index contributed by atoms with van der Waals surface area (Å²) < 4.78 is 32.8. The summed E-state index contributed by atoms with van der Waals surface area (Å²) in [6.45, 7) is 5.09. The monoisotopic (exact) mass is 408 g/mol. The Kier molecular flexibility index (Phi) is 5.85. The normalized spacial score (nSPS) is 15.6. The van der Waals surface area contributed by atoms with Gasteiger partial charge >= 0.3 is 0 Å². The number of rotatable bonds is 5. The van der Waals surface area contributed by atoms with E-state index in [9.17, 15) is 18.5 Å². The molecular formula is C18H20N2O5S2. The van der Waals surface area contributed by atoms with Gasteiger partial charge < -0.3 is 4.74 Å². The largest absolute Gasteiger partial charge is 0.379 e. The van der Waals surface area contributed by atoms with Crippen LogP contribution >= 0.6 is 11.8 Å². The molecule has 2 aromatic carbocycles. The standard InChI is InChI=1S/C18H20N2O5S2/c1-13-3-5-16(11-14(13)2)26-17-6-4-15(20(21)22)12-18(17)27(23,24)19-7-9-25-10-8-19/h3-6,11-12H,7-10H2,1-2H3. The zero-order valence-electron chi connectivity index (χ0n) is 15.0. The molecule has 2 aromatic rings. The van der Waals surface area contributed by atoms with Gasteiger partial charge in [0, 0.05) is 35.0 Å². The van der Waals surface area contributed by atoms with E-state index >= 15 is 0 Å². The Bertz CT molecular complexity index is 970. The van der Waals surface area contributed by atoms with E-state index < -0.39 is 14.9 Å². The fourth-order valence-electron chi connectivity index (χ4n) is 2.73. The Morgan fingerprint density at radius 3 is 2.41 bits per heavy atom. The number of nitrogens with zero attached hydrogens (tertiary/aromatic N) is 2. The van der Waals surface area contributed by atoms with Crippen molar-refractivity contribution in [1.29, 1.82) is 0 Å². The van der Waals surface area contributed by atoms with Gasteiger partial charge in [0.1, 0.15) is 4.90 Å². The summed E-state index contributed by atoms with van der Waals surface area (Å²) in [7, 11) is -3.86. The minimum Gasteiger partial charge on any atom is -0.379 e. The first kappa shape index (κ1) is 19.8. The van der Waals surface area contributed by atoms with Gasteiger partial charge in [-0.2, -0.15) is 4.31 Å². The average Bonchev–Trinajstić information content (AvgIpc) is 2.65. The molecule has 1 aliphatic heterocycles. The van der Waals surface area contributed by atoms with E-state index in [1.807, 2.05) is 32.0 Å². The van der Waals surface area contributed by atoms with Crippen molar-refractivity contribution < 1.29 is 18.1 Å². The topological polar surface area (TPSA) is 89.8 Å². The molecule has 144 valence electrons. The number of ether oxygens (including phenoxy) is 1. The summed E-state index contributed by atoms with van der Waals surface area (Å²) in [4.78, 5) is 11.9. The van der Waals surface area contributed by atoms with Gasteiger partial charge in [-0.1, -0.05) is 17.8 Å². The van der Waals surface area contributed by atoms with Gasteiger partial charge in [0.2, 0.25) is 10.0 Å². The van der Waals surface area contributed by atoms with Crippen LogP contribution in [0.4, 0.5) is 5.69 Å². The number of nitro benzene ring substituents is 1. The van der Waals surface area contributed by atoms with Crippen molar-refractivity contribution in [2.24, 2.45) is 0 Å². The first-order valence-corrected chi connectivity index (χ1v) is 10.7. The van der Waals surface area contributed by atoms with Crippen LogP contribution < -0.4 is 0 Å². The van der Waals surface area contributed by atoms with Gasteiger partial charge in [-0.25, -0.2) is 8.42 Å². The molecule has 0 aliphatic carbocycles. The molecule has 27 heavy (non-hydrogen) atoms. The third-order valence-electron chi connectivity index (χ3n) is 4.43. The van der Waals surface area contributed by atoms with Gasteiger partial charge in [0.15, 0.2) is 0 Å². The van der Waals surface area contributed by atoms with Gasteiger partial charge in [0.05, 0.1) is 18.1 Å². The zero-order valence-corrected chi connectivity index (χ0v) is 16.7. The van der Waals surface area contributed by atoms with E-state index in [1.165, 1.54) is 28.2 Å². The van der Waals surface area contributed by atoms with Crippen molar-refractivity contribution in [2.45, 2.75) is 28.5 Å². The highest BCUT2D eigenvalue weighted by Crippen LogP contribution is 2.37. The molecule has 9 heteroatoms. The molecular weight excluding hydrogens is 388 g/mol. The van der Waals surface area contributed by atoms with Crippen LogP contribution in [0, 0.1) is 24.0 Å². The molecule has 0 atom stereocenters. The van der Waals surface area contributed by atoms with Crippen LogP contribution in [-0.2, 0) is 14.8 Å². The molecule has 7 nitrogen and oxygen atoms in total. The van der Waals surface area contributed by atoms with Crippen LogP contribution in [0.2, 0.25) is 0 Å². The number of morpholine rings is 1. The predicted octanol–water partition coefficient (Wildman–Crippen LogP) is 3.38. The van der Waals surface area contributed by atoms with Gasteiger partial charge in [-0.15, -0.1) is 0 Å². The van der Waals surface area contributed by atoms with Crippen LogP contribution in [-0.4, -0.2) is 43.9 Å². The quantitative estimate of drug-likeness (QED) is 0.556. The Labute approximate surface area is 162 Å². The first-order valence-electron chi connectivity index (χ1n) is 8.40. The van der Waals surface area contributed by atoms with Crippen LogP contribution in [0.15, 0.2) is 51.1 Å². The maximum atomic E-state index is 13.1. The Morgan fingerprint density at radius 2 is 1.78 bits per heavy atom. The SMILES string of the molecule is Cc1ccc(Sc2ccc([N+](=O)[O-])cc2S(=O)(=O)N2CCOCC2)cc1C. The lowest BCUT2D eigenvalue weighted by molar-refractivity contribution is -0.385. The second kappa shape index (κ2) is 7.97. The summed E-state index contributed by atoms with van der Waals surface area (Å²) in [5, 5.41) is 11.2. The lowest BCUT2D eigenvalue weighted by Gasteiger charge is -2.26. The van der Waals surface area contributed by atoms with Gasteiger partial charge in [0.25, 0.3) is 5.69 Å². The highest BCUT2D eigenvalue weighted by Gasteiger charge is 2.30. The number of nitro groups is 1. The molecule has 1 fully saturated rings. The minimum absolute atomic E-state index is 0.0400. The van der Waals surface area contributed by atoms with Crippen LogP contribution in [0.25, 0.3) is 0 Å². The summed E-state index contributed by atoms with van der Waals surface area (Å²) in [5.74, 6) is 0. The Hall–Kier alpha value is -1.94. The Morgan fingerprint density at radius 1 is 1.07 bits per heavy atom. The van der Waals surface area contributed by atoms with Crippen molar-refractivity contribution >= 4 is 27.5 Å². The van der Waals surface area contributed by atoms with Crippen molar-refractivity contribution in [1.82, 2.24) is 4.31 Å². The van der Waals surface area contributed by atoms with Crippen molar-refractivity contribution in [3.8, 4) is 0 Å². The number of hydrogen-bond donors (Lipinski definition) is 0. The van der Waals surface area contributed by atoms with E-state index in [2.05, 4.69) is 0 Å². The Balaban J connectivity index is 2.05. The van der Waals surface area contributed by atoms with E-state index in [4.69, 9.17) is 4.74 Å². The van der Waals surface area contributed by atoms with Crippen molar-refractivity contribution in [3.63, 3.8) is 0 Å². The number of benzene rings is 2. The average molecular weight is 409 g/mol. The highest BCUT2D eigenvalue weighted by atomic mass is 32.2. The van der Waals surface area contributed by atoms with Crippen LogP contribution in [0.5, 0.6) is 0 Å². The molecule has 1 saturated heterocycles. The molecule has 0 amide bonds. The van der Waals surface area contributed by atoms with E-state index in [0.29, 0.717) is 18.1 Å². The minimum atomic E-state index is -3.86. The second-order valence-corrected chi connectivity index (χ2v) is 9.27. The summed E-state index contributed by atoms with van der Waals surface area (Å²) in [6, 6.07) is 9.85. The molecule has 0 saturated carbocycles. The molecule has 0 spiro atoms. The summed E-state index contributed by atoms with van der Waals surface area (Å²) >= 11 is 1.29. The van der Waals surface area contributed by atoms with E-state index in [0.717, 1.165) is 22.1 Å². The van der Waals surface area contributed by atoms with E-state index in [1.54, 1.807) is 0 Å². The third-order valence-corrected chi connectivity index (χ3v) is 7.57. The maximum Gasteiger partial charge on any atom is 0.270 e. The van der Waals surface area contributed by atoms with Crippen molar-refractivity contribution in [3.05, 3.63) is 57.6 Å². The summed E-state index contributed by atoms with van der Waals surface area (Å²) in [5.41, 5.74) is 2.00. The smallest absolute Gasteiger partial charge is 0.270 e. The fraction of sp³-hybridized carbons (Fsp3) is 0.333. The lowest BCUT2D eigenvalue weighted by atomic mass is 10.1. The van der Waals surface area contributed by atoms with Crippen LogP contribution in [0.1, 0.15) is 11.1 Å². The molecule has 0 bridgehead atoms. The first-order chi connectivity index (χ1) is 12.8. The van der Waals surface area contributed by atoms with Crippen molar-refractivity contribution in [2.75, 3.05) is 26.3 Å². The van der Waals surface area contributed by atoms with E-state index in [-0.39, 0.29) is 23.7 Å². The second-order valence-electron chi connectivity index (χ2n) is 6.25. The molecule has 0 aromatic heterocycles. The number of non-ortho nitro benzene ring substituents is 1. The molecule has 0 N–H and O–H groups in total. The molecule has 1 aliphatic rings. The van der Waals surface area contributed by atoms with Gasteiger partial charge in [-0.3, -0.25) is 10.1 Å². The number of hydrogen-bond acceptors (Lipinski definition) is 6. The molecule has 0 radical (unpaired) electrons. The van der Waals surface area contributed by atoms with Crippen LogP contribution in [0.3, 0.4) is 0 Å². The molecule has 0 unspecified atom stereocenters. The van der Waals surface area contributed by atoms with Gasteiger partial charge in [-0.05, 0) is 43.2 Å². The zero-order chi connectivity index (χ0) is 19.6. The number of aryl methyl sites for hydroxylation is 2. The molecule has 3 rings (SSSR count). The highest BCUT2D eigenvalue weighted by molar-refractivity contribution is 8.00. The molecule has 1 heterocycles.